The summed E-state index contributed by atoms with van der Waals surface area (Å²) in [5.74, 6) is -6.32. The van der Waals surface area contributed by atoms with E-state index in [0.29, 0.717) is 109 Å². The highest BCUT2D eigenvalue weighted by Gasteiger charge is 2.91. The lowest BCUT2D eigenvalue weighted by Gasteiger charge is -2.82. The molecular weight excluding hydrogens is 1040 g/mol. The first-order valence-electron chi connectivity index (χ1n) is 30.6. The van der Waals surface area contributed by atoms with E-state index in [0.717, 1.165) is 17.6 Å². The molecule has 18 rings (SSSR count). The van der Waals surface area contributed by atoms with Gasteiger partial charge in [0.1, 0.15) is 24.4 Å². The zero-order valence-electron chi connectivity index (χ0n) is 45.3. The Balaban J connectivity index is 0.595. The van der Waals surface area contributed by atoms with Crippen molar-refractivity contribution in [1.82, 2.24) is 0 Å². The van der Waals surface area contributed by atoms with Gasteiger partial charge < -0.3 is 103 Å². The Hall–Kier alpha value is -1.85. The largest absolute Gasteiger partial charge is 0.459 e. The second-order valence-corrected chi connectivity index (χ2v) is 27.5. The van der Waals surface area contributed by atoms with E-state index in [2.05, 4.69) is 13.2 Å². The second kappa shape index (κ2) is 18.6. The van der Waals surface area contributed by atoms with E-state index in [1.54, 1.807) is 0 Å². The molecule has 22 heteroatoms. The predicted octanol–water partition coefficient (Wildman–Crippen LogP) is 1.75. The second-order valence-electron chi connectivity index (χ2n) is 27.5. The van der Waals surface area contributed by atoms with Crippen LogP contribution in [0.5, 0.6) is 0 Å². The first kappa shape index (κ1) is 52.5. The molecule has 7 N–H and O–H groups in total. The van der Waals surface area contributed by atoms with Crippen molar-refractivity contribution in [3.8, 4) is 0 Å². The third-order valence-electron chi connectivity index (χ3n) is 22.5. The normalized spacial score (nSPS) is 60.2. The fraction of sp³-hybridized carbons (Fsp3) is 0.914. The lowest BCUT2D eigenvalue weighted by molar-refractivity contribution is -0.672. The minimum atomic E-state index is -1.39. The zero-order chi connectivity index (χ0) is 54.0. The SMILES string of the molecule is C=C1C[C@@H]2CC[C@]34CC5(O)O[C@]6(O3)C5[C@@H]3O[C@H]5CC[C@H](CC(=O)O[C@@H]7CC8OC9C[C@]%10(C[C@@H]%11O[C@@]%12(CC[C@@H]%11O%10)C[C@H](N)[C@@H]%10O[C@@H]%11C[C@@H]([C@@H](O)CO)O[C@@H]%11C[C@@H]%10O%12)O[C@@H]9C[C@@H]8O[C@H]7C[C@H]7O[C@@H](CC[C@@H]1O2)C[C@@H](N)C7=C)O[C@@H]5[C@H](O4)[C@@H]36. The van der Waals surface area contributed by atoms with Crippen LogP contribution in [0.4, 0.5) is 0 Å². The summed E-state index contributed by atoms with van der Waals surface area (Å²) in [6.07, 6.45) is 2.01. The van der Waals surface area contributed by atoms with Crippen LogP contribution in [0.3, 0.4) is 0 Å². The third-order valence-corrected chi connectivity index (χ3v) is 22.5. The summed E-state index contributed by atoms with van der Waals surface area (Å²) in [5, 5.41) is 31.7. The van der Waals surface area contributed by atoms with Gasteiger partial charge in [-0.1, -0.05) is 13.2 Å². The van der Waals surface area contributed by atoms with Gasteiger partial charge in [-0.25, -0.2) is 0 Å². The molecule has 4 spiro atoms. The maximum absolute atomic E-state index is 14.5. The number of esters is 1. The van der Waals surface area contributed by atoms with Crippen LogP contribution in [0, 0.1) is 11.8 Å². The number of nitrogens with two attached hydrogens (primary N) is 2. The van der Waals surface area contributed by atoms with Crippen LogP contribution in [0.2, 0.25) is 0 Å². The average molecular weight is 1130 g/mol. The number of carbonyl (C=O) groups excluding carboxylic acids is 1. The summed E-state index contributed by atoms with van der Waals surface area (Å²) < 4.78 is 108. The Morgan fingerprint density at radius 2 is 1.25 bits per heavy atom. The topological polar surface area (TPSA) is 277 Å². The lowest BCUT2D eigenvalue weighted by atomic mass is 9.50. The number of rotatable bonds is 2. The van der Waals surface area contributed by atoms with Gasteiger partial charge in [-0.05, 0) is 62.5 Å². The molecule has 1 aliphatic carbocycles. The number of aliphatic hydroxyl groups is 3. The van der Waals surface area contributed by atoms with Gasteiger partial charge >= 0.3 is 5.97 Å². The molecule has 80 heavy (non-hydrogen) atoms. The van der Waals surface area contributed by atoms with Crippen LogP contribution in [0.15, 0.2) is 24.3 Å². The van der Waals surface area contributed by atoms with Crippen LogP contribution in [-0.4, -0.2) is 209 Å². The van der Waals surface area contributed by atoms with E-state index < -0.39 is 77.8 Å². The predicted molar refractivity (Wildman–Crippen MR) is 268 cm³/mol. The van der Waals surface area contributed by atoms with Crippen molar-refractivity contribution in [2.24, 2.45) is 23.3 Å². The Kier molecular flexibility index (Phi) is 12.2. The van der Waals surface area contributed by atoms with Crippen molar-refractivity contribution < 1.29 is 95.9 Å². The minimum Gasteiger partial charge on any atom is -0.459 e. The zero-order valence-corrected chi connectivity index (χ0v) is 45.3. The third kappa shape index (κ3) is 8.12. The summed E-state index contributed by atoms with van der Waals surface area (Å²) in [6.45, 7) is 8.53. The Morgan fingerprint density at radius 1 is 0.550 bits per heavy atom. The van der Waals surface area contributed by atoms with E-state index in [9.17, 15) is 20.1 Å². The van der Waals surface area contributed by atoms with Gasteiger partial charge in [0.25, 0.3) is 0 Å². The van der Waals surface area contributed by atoms with Crippen LogP contribution >= 0.6 is 0 Å². The molecule has 0 radical (unpaired) electrons. The number of hydrogen-bond acceptors (Lipinski definition) is 22. The molecule has 17 saturated heterocycles. The van der Waals surface area contributed by atoms with Gasteiger partial charge in [0.05, 0.1) is 147 Å². The molecule has 4 unspecified atom stereocenters. The molecule has 10 bridgehead atoms. The molecule has 18 aliphatic rings. The molecule has 17 aliphatic heterocycles. The van der Waals surface area contributed by atoms with Crippen molar-refractivity contribution in [1.29, 1.82) is 0 Å². The molecule has 0 aromatic heterocycles. The van der Waals surface area contributed by atoms with Crippen LogP contribution < -0.4 is 11.5 Å². The van der Waals surface area contributed by atoms with Gasteiger partial charge in [-0.3, -0.25) is 4.79 Å². The summed E-state index contributed by atoms with van der Waals surface area (Å²) >= 11 is 0. The Morgan fingerprint density at radius 3 is 2.12 bits per heavy atom. The maximum atomic E-state index is 14.5. The number of hydrogen-bond donors (Lipinski definition) is 5. The summed E-state index contributed by atoms with van der Waals surface area (Å²) in [4.78, 5) is 14.5. The van der Waals surface area contributed by atoms with E-state index in [-0.39, 0.29) is 141 Å². The van der Waals surface area contributed by atoms with E-state index in [1.807, 2.05) is 0 Å². The van der Waals surface area contributed by atoms with Gasteiger partial charge in [-0.2, -0.15) is 0 Å². The molecule has 32 atom stereocenters. The number of aliphatic hydroxyl groups excluding tert-OH is 2. The maximum Gasteiger partial charge on any atom is 0.308 e. The van der Waals surface area contributed by atoms with Gasteiger partial charge in [-0.15, -0.1) is 0 Å². The van der Waals surface area contributed by atoms with Crippen molar-refractivity contribution >= 4 is 5.97 Å². The van der Waals surface area contributed by atoms with Gasteiger partial charge in [0, 0.05) is 76.3 Å². The molecule has 1 saturated carbocycles. The molecule has 17 heterocycles. The number of ether oxygens (including phenoxy) is 16. The van der Waals surface area contributed by atoms with Crippen LogP contribution in [0.25, 0.3) is 0 Å². The van der Waals surface area contributed by atoms with E-state index in [1.165, 1.54) is 0 Å². The minimum absolute atomic E-state index is 0.0276. The first-order valence-corrected chi connectivity index (χ1v) is 30.6. The standard InChI is InChI=1S/C58H80N2O20/c1-24-11-28-7-9-55-23-57(64)53-52-48(58(53,79-55)80-57)51(78-55)50-34(72-52)6-4-27(67-50)13-47(63)71-41-16-38-39(69-37(41)14-35-25(2)29(59)12-26(66-35)3-5-32(24)65-28)17-43-45(70-38)20-56(75-43)21-46-33(74-56)8-10-54(77-46)19-30(60)49-44(76-54)18-40-42(73-49)15-36(68-40)31(62)22-61/h26-46,48-53,61-62,64H,1-23,59-60H2/t26-,27+,28-,29+,30-,31-,32-,33-,34-,35+,36-,37-,38?,39-,40+,41+,42+,43+,44-,45?,46-,48-,49-,50-,51+,52+,53?,54-,55+,56+,57?,58-/m0/s1. The molecule has 22 nitrogen and oxygen atoms in total. The van der Waals surface area contributed by atoms with Crippen molar-refractivity contribution in [2.75, 3.05) is 6.61 Å². The van der Waals surface area contributed by atoms with E-state index >= 15 is 0 Å². The molecule has 442 valence electrons. The monoisotopic (exact) mass is 1120 g/mol. The Labute approximate surface area is 464 Å². The highest BCUT2D eigenvalue weighted by molar-refractivity contribution is 5.70. The van der Waals surface area contributed by atoms with Crippen molar-refractivity contribution in [3.63, 3.8) is 0 Å². The molecule has 0 aromatic rings. The first-order chi connectivity index (χ1) is 38.5. The van der Waals surface area contributed by atoms with E-state index in [4.69, 9.17) is 87.3 Å². The Bertz CT molecular complexity index is 2510. The van der Waals surface area contributed by atoms with Gasteiger partial charge in [0.2, 0.25) is 0 Å². The van der Waals surface area contributed by atoms with Crippen molar-refractivity contribution in [2.45, 2.75) is 310 Å². The smallest absolute Gasteiger partial charge is 0.308 e. The van der Waals surface area contributed by atoms with Gasteiger partial charge in [0.15, 0.2) is 28.9 Å². The highest BCUT2D eigenvalue weighted by atomic mass is 16.9. The summed E-state index contributed by atoms with van der Waals surface area (Å²) in [6, 6.07) is -0.630. The number of fused-ring (bicyclic) bond motifs is 11. The molecule has 0 amide bonds. The fourth-order valence-corrected chi connectivity index (χ4v) is 18.9. The summed E-state index contributed by atoms with van der Waals surface area (Å²) in [5.41, 5.74) is 15.6. The quantitative estimate of drug-likeness (QED) is 0.195. The van der Waals surface area contributed by atoms with Crippen LogP contribution in [0.1, 0.15) is 128 Å². The van der Waals surface area contributed by atoms with Crippen LogP contribution in [-0.2, 0) is 80.6 Å². The highest BCUT2D eigenvalue weighted by Crippen LogP contribution is 2.76. The number of carbonyl (C=O) groups is 1. The molecule has 18 fully saturated rings. The molecular formula is C58H80N2O20. The van der Waals surface area contributed by atoms with Crippen molar-refractivity contribution in [3.05, 3.63) is 24.3 Å². The summed E-state index contributed by atoms with van der Waals surface area (Å²) in [7, 11) is 0. The molecule has 0 aromatic carbocycles. The lowest BCUT2D eigenvalue weighted by Crippen LogP contribution is -2.97. The fourth-order valence-electron chi connectivity index (χ4n) is 18.9. The average Bonchev–Trinajstić information content (AvgIpc) is 0.858.